The molecule has 132 valence electrons. The number of aryl methyl sites for hydroxylation is 1. The van der Waals surface area contributed by atoms with E-state index in [0.29, 0.717) is 0 Å². The van der Waals surface area contributed by atoms with Gasteiger partial charge in [-0.15, -0.1) is 0 Å². The predicted octanol–water partition coefficient (Wildman–Crippen LogP) is 1.15. The standard InChI is InChI=1S/C19H18N4O3/c1-13-4-2-3-5-15(13)19(14-8-10-20-11-9-14)21-17(25)12-23-18(26)7-6-16(24)22-23/h2-11,19H,12H2,1H3,(H,21,25)(H,22,24)/t19-/m1/s1. The maximum atomic E-state index is 12.5. The van der Waals surface area contributed by atoms with E-state index in [4.69, 9.17) is 0 Å². The van der Waals surface area contributed by atoms with Crippen molar-refractivity contribution in [2.24, 2.45) is 0 Å². The molecule has 7 nitrogen and oxygen atoms in total. The highest BCUT2D eigenvalue weighted by Gasteiger charge is 2.19. The molecule has 2 N–H and O–H groups in total. The second kappa shape index (κ2) is 7.60. The van der Waals surface area contributed by atoms with E-state index in [1.54, 1.807) is 12.4 Å². The van der Waals surface area contributed by atoms with E-state index in [1.807, 2.05) is 43.3 Å². The Kier molecular flexibility index (Phi) is 5.07. The summed E-state index contributed by atoms with van der Waals surface area (Å²) in [6.45, 7) is 1.69. The lowest BCUT2D eigenvalue weighted by Crippen LogP contribution is -2.37. The fourth-order valence-corrected chi connectivity index (χ4v) is 2.74. The normalized spacial score (nSPS) is 11.7. The number of carbonyl (C=O) groups excluding carboxylic acids is 1. The maximum absolute atomic E-state index is 12.5. The molecule has 2 aromatic heterocycles. The summed E-state index contributed by atoms with van der Waals surface area (Å²) < 4.78 is 0.985. The zero-order chi connectivity index (χ0) is 18.5. The first-order chi connectivity index (χ1) is 12.5. The topological polar surface area (TPSA) is 96.9 Å². The predicted molar refractivity (Wildman–Crippen MR) is 96.7 cm³/mol. The van der Waals surface area contributed by atoms with Gasteiger partial charge in [-0.05, 0) is 35.7 Å². The Labute approximate surface area is 149 Å². The van der Waals surface area contributed by atoms with Crippen LogP contribution in [0.15, 0.2) is 70.5 Å². The number of H-pyrrole nitrogens is 1. The van der Waals surface area contributed by atoms with Crippen LogP contribution in [-0.4, -0.2) is 20.7 Å². The molecule has 0 aliphatic carbocycles. The first-order valence-electron chi connectivity index (χ1n) is 8.09. The van der Waals surface area contributed by atoms with Crippen LogP contribution in [0.1, 0.15) is 22.7 Å². The zero-order valence-electron chi connectivity index (χ0n) is 14.2. The number of aromatic amines is 1. The SMILES string of the molecule is Cc1ccccc1[C@H](NC(=O)Cn1[nH]c(=O)ccc1=O)c1ccncc1. The van der Waals surface area contributed by atoms with Crippen molar-refractivity contribution in [2.45, 2.75) is 19.5 Å². The van der Waals surface area contributed by atoms with E-state index in [9.17, 15) is 14.4 Å². The average Bonchev–Trinajstić information content (AvgIpc) is 2.64. The third kappa shape index (κ3) is 3.94. The fraction of sp³-hybridized carbons (Fsp3) is 0.158. The number of nitrogens with zero attached hydrogens (tertiary/aromatic N) is 2. The van der Waals surface area contributed by atoms with Gasteiger partial charge in [0, 0.05) is 24.5 Å². The van der Waals surface area contributed by atoms with Crippen molar-refractivity contribution in [3.8, 4) is 0 Å². The van der Waals surface area contributed by atoms with E-state index in [1.165, 1.54) is 0 Å². The van der Waals surface area contributed by atoms with Crippen LogP contribution in [0.4, 0.5) is 0 Å². The molecule has 1 amide bonds. The summed E-state index contributed by atoms with van der Waals surface area (Å²) in [5.74, 6) is -0.390. The Hall–Kier alpha value is -3.48. The molecule has 1 atom stereocenters. The number of hydrogen-bond acceptors (Lipinski definition) is 4. The van der Waals surface area contributed by atoms with Gasteiger partial charge in [0.15, 0.2) is 0 Å². The van der Waals surface area contributed by atoms with Gasteiger partial charge in [-0.3, -0.25) is 24.5 Å². The number of carbonyl (C=O) groups is 1. The second-order valence-corrected chi connectivity index (χ2v) is 5.87. The maximum Gasteiger partial charge on any atom is 0.265 e. The van der Waals surface area contributed by atoms with Gasteiger partial charge in [0.25, 0.3) is 11.1 Å². The van der Waals surface area contributed by atoms with Gasteiger partial charge >= 0.3 is 0 Å². The van der Waals surface area contributed by atoms with Crippen molar-refractivity contribution in [1.29, 1.82) is 0 Å². The Morgan fingerprint density at radius 3 is 2.58 bits per heavy atom. The molecule has 0 spiro atoms. The van der Waals surface area contributed by atoms with Crippen LogP contribution in [0.25, 0.3) is 0 Å². The number of rotatable bonds is 5. The molecule has 26 heavy (non-hydrogen) atoms. The molecule has 3 rings (SSSR count). The molecule has 0 unspecified atom stereocenters. The molecular formula is C19H18N4O3. The Morgan fingerprint density at radius 1 is 1.12 bits per heavy atom. The molecule has 7 heteroatoms. The van der Waals surface area contributed by atoms with Gasteiger partial charge in [0.2, 0.25) is 5.91 Å². The van der Waals surface area contributed by atoms with Crippen molar-refractivity contribution in [3.05, 3.63) is 98.3 Å². The number of hydrogen-bond donors (Lipinski definition) is 2. The number of benzene rings is 1. The first-order valence-corrected chi connectivity index (χ1v) is 8.09. The zero-order valence-corrected chi connectivity index (χ0v) is 14.2. The Balaban J connectivity index is 1.90. The molecule has 1 aromatic carbocycles. The fourth-order valence-electron chi connectivity index (χ4n) is 2.74. The molecule has 0 bridgehead atoms. The van der Waals surface area contributed by atoms with Crippen LogP contribution in [-0.2, 0) is 11.3 Å². The number of aromatic nitrogens is 3. The van der Waals surface area contributed by atoms with Crippen molar-refractivity contribution in [2.75, 3.05) is 0 Å². The molecular weight excluding hydrogens is 332 g/mol. The number of amides is 1. The summed E-state index contributed by atoms with van der Waals surface area (Å²) in [6, 6.07) is 13.3. The summed E-state index contributed by atoms with van der Waals surface area (Å²) in [5.41, 5.74) is 1.95. The first kappa shape index (κ1) is 17.3. The van der Waals surface area contributed by atoms with E-state index in [-0.39, 0.29) is 12.5 Å². The van der Waals surface area contributed by atoms with Crippen LogP contribution < -0.4 is 16.4 Å². The third-order valence-corrected chi connectivity index (χ3v) is 4.03. The van der Waals surface area contributed by atoms with Gasteiger partial charge in [-0.2, -0.15) is 0 Å². The summed E-state index contributed by atoms with van der Waals surface area (Å²) in [5, 5.41) is 5.29. The van der Waals surface area contributed by atoms with E-state index in [2.05, 4.69) is 15.4 Å². The Bertz CT molecular complexity index is 1020. The van der Waals surface area contributed by atoms with Crippen molar-refractivity contribution < 1.29 is 4.79 Å². The monoisotopic (exact) mass is 350 g/mol. The average molecular weight is 350 g/mol. The lowest BCUT2D eigenvalue weighted by molar-refractivity contribution is -0.122. The van der Waals surface area contributed by atoms with Crippen molar-refractivity contribution >= 4 is 5.91 Å². The van der Waals surface area contributed by atoms with Crippen LogP contribution in [0.2, 0.25) is 0 Å². The molecule has 2 heterocycles. The van der Waals surface area contributed by atoms with Gasteiger partial charge < -0.3 is 5.32 Å². The summed E-state index contributed by atoms with van der Waals surface area (Å²) in [7, 11) is 0. The largest absolute Gasteiger partial charge is 0.344 e. The van der Waals surface area contributed by atoms with Crippen molar-refractivity contribution in [3.63, 3.8) is 0 Å². The quantitative estimate of drug-likeness (QED) is 0.721. The summed E-state index contributed by atoms with van der Waals surface area (Å²) in [6.07, 6.45) is 3.32. The van der Waals surface area contributed by atoms with Gasteiger partial charge in [-0.1, -0.05) is 24.3 Å². The van der Waals surface area contributed by atoms with Crippen LogP contribution >= 0.6 is 0 Å². The number of pyridine rings is 1. The van der Waals surface area contributed by atoms with E-state index < -0.39 is 17.2 Å². The van der Waals surface area contributed by atoms with Crippen molar-refractivity contribution in [1.82, 2.24) is 20.1 Å². The van der Waals surface area contributed by atoms with Crippen LogP contribution in [0.3, 0.4) is 0 Å². The summed E-state index contributed by atoms with van der Waals surface area (Å²) in [4.78, 5) is 39.7. The minimum absolute atomic E-state index is 0.275. The highest BCUT2D eigenvalue weighted by atomic mass is 16.2. The second-order valence-electron chi connectivity index (χ2n) is 5.87. The minimum atomic E-state index is -0.448. The molecule has 3 aromatic rings. The Morgan fingerprint density at radius 2 is 1.85 bits per heavy atom. The smallest absolute Gasteiger partial charge is 0.265 e. The molecule has 0 radical (unpaired) electrons. The third-order valence-electron chi connectivity index (χ3n) is 4.03. The van der Waals surface area contributed by atoms with Crippen LogP contribution in [0, 0.1) is 6.92 Å². The highest BCUT2D eigenvalue weighted by Crippen LogP contribution is 2.24. The van der Waals surface area contributed by atoms with Gasteiger partial charge in [-0.25, -0.2) is 4.68 Å². The molecule has 0 fully saturated rings. The molecule has 0 aliphatic rings. The molecule has 0 saturated heterocycles. The van der Waals surface area contributed by atoms with Gasteiger partial charge in [0.05, 0.1) is 6.04 Å². The molecule has 0 aliphatic heterocycles. The lowest BCUT2D eigenvalue weighted by Gasteiger charge is -2.21. The van der Waals surface area contributed by atoms with Crippen LogP contribution in [0.5, 0.6) is 0 Å². The highest BCUT2D eigenvalue weighted by molar-refractivity contribution is 5.76. The van der Waals surface area contributed by atoms with Gasteiger partial charge in [0.1, 0.15) is 6.54 Å². The lowest BCUT2D eigenvalue weighted by atomic mass is 9.95. The summed E-state index contributed by atoms with van der Waals surface area (Å²) >= 11 is 0. The van der Waals surface area contributed by atoms with E-state index >= 15 is 0 Å². The molecule has 0 saturated carbocycles. The minimum Gasteiger partial charge on any atom is -0.344 e. The number of nitrogens with one attached hydrogen (secondary N) is 2. The van der Waals surface area contributed by atoms with E-state index in [0.717, 1.165) is 33.5 Å².